The number of amides is 2. The van der Waals surface area contributed by atoms with Crippen LogP contribution in [0.25, 0.3) is 6.08 Å². The van der Waals surface area contributed by atoms with Crippen LogP contribution in [0, 0.1) is 0 Å². The van der Waals surface area contributed by atoms with Gasteiger partial charge in [-0.05, 0) is 62.1 Å². The highest BCUT2D eigenvalue weighted by Gasteiger charge is 2.31. The first-order valence-electron chi connectivity index (χ1n) is 9.26. The number of carbonyl (C=O) groups excluding carboxylic acids is 2. The summed E-state index contributed by atoms with van der Waals surface area (Å²) in [6.07, 6.45) is 6.36. The van der Waals surface area contributed by atoms with Crippen molar-refractivity contribution in [1.29, 1.82) is 0 Å². The molecule has 0 bridgehead atoms. The summed E-state index contributed by atoms with van der Waals surface area (Å²) in [7, 11) is 0. The molecular formula is C22H17Br3N2O2S2. The van der Waals surface area contributed by atoms with Crippen molar-refractivity contribution in [2.45, 2.75) is 12.8 Å². The highest BCUT2D eigenvalue weighted by Crippen LogP contribution is 2.35. The minimum Gasteiger partial charge on any atom is -0.324 e. The van der Waals surface area contributed by atoms with E-state index in [1.165, 1.54) is 11.8 Å². The molecule has 0 unspecified atom stereocenters. The van der Waals surface area contributed by atoms with Gasteiger partial charge in [0.1, 0.15) is 4.32 Å². The maximum Gasteiger partial charge on any atom is 0.266 e. The van der Waals surface area contributed by atoms with Gasteiger partial charge >= 0.3 is 0 Å². The Labute approximate surface area is 215 Å². The monoisotopic (exact) mass is 642 g/mol. The van der Waals surface area contributed by atoms with Crippen LogP contribution in [0.15, 0.2) is 72.9 Å². The Morgan fingerprint density at radius 1 is 1.13 bits per heavy atom. The zero-order chi connectivity index (χ0) is 22.4. The fourth-order valence-electron chi connectivity index (χ4n) is 2.78. The number of rotatable bonds is 7. The Morgan fingerprint density at radius 3 is 2.48 bits per heavy atom. The fourth-order valence-corrected chi connectivity index (χ4v) is 6.50. The van der Waals surface area contributed by atoms with E-state index in [1.807, 2.05) is 54.6 Å². The van der Waals surface area contributed by atoms with Crippen LogP contribution in [0.4, 0.5) is 5.69 Å². The summed E-state index contributed by atoms with van der Waals surface area (Å²) in [6.45, 7) is 0.403. The van der Waals surface area contributed by atoms with E-state index in [9.17, 15) is 9.59 Å². The van der Waals surface area contributed by atoms with E-state index in [0.29, 0.717) is 27.9 Å². The zero-order valence-corrected chi connectivity index (χ0v) is 22.5. The van der Waals surface area contributed by atoms with Crippen molar-refractivity contribution in [3.05, 3.63) is 78.5 Å². The predicted octanol–water partition coefficient (Wildman–Crippen LogP) is 7.15. The van der Waals surface area contributed by atoms with Gasteiger partial charge in [0.25, 0.3) is 5.91 Å². The number of nitrogens with zero attached hydrogens (tertiary/aromatic N) is 1. The van der Waals surface area contributed by atoms with Crippen molar-refractivity contribution < 1.29 is 9.59 Å². The van der Waals surface area contributed by atoms with E-state index >= 15 is 0 Å². The topological polar surface area (TPSA) is 49.4 Å². The molecule has 4 nitrogen and oxygen atoms in total. The van der Waals surface area contributed by atoms with Gasteiger partial charge in [-0.1, -0.05) is 82.4 Å². The Morgan fingerprint density at radius 2 is 1.81 bits per heavy atom. The summed E-state index contributed by atoms with van der Waals surface area (Å²) in [6, 6.07) is 13.6. The highest BCUT2D eigenvalue weighted by atomic mass is 79.9. The lowest BCUT2D eigenvalue weighted by molar-refractivity contribution is -0.122. The van der Waals surface area contributed by atoms with Crippen molar-refractivity contribution in [3.8, 4) is 0 Å². The molecule has 0 aliphatic carbocycles. The lowest BCUT2D eigenvalue weighted by Gasteiger charge is -2.14. The molecule has 0 spiro atoms. The minimum atomic E-state index is -0.129. The van der Waals surface area contributed by atoms with E-state index < -0.39 is 0 Å². The van der Waals surface area contributed by atoms with E-state index in [4.69, 9.17) is 12.2 Å². The molecule has 0 saturated carbocycles. The van der Waals surface area contributed by atoms with Crippen LogP contribution < -0.4 is 5.32 Å². The van der Waals surface area contributed by atoms with Crippen molar-refractivity contribution >= 4 is 99.7 Å². The zero-order valence-electron chi connectivity index (χ0n) is 16.1. The maximum atomic E-state index is 12.6. The van der Waals surface area contributed by atoms with Crippen LogP contribution in [-0.4, -0.2) is 27.6 Å². The number of halogens is 3. The molecule has 2 amide bonds. The second-order valence-electron chi connectivity index (χ2n) is 6.52. The van der Waals surface area contributed by atoms with E-state index in [0.717, 1.165) is 19.0 Å². The molecule has 1 aliphatic rings. The number of thiocarbonyl (C=S) groups is 1. The van der Waals surface area contributed by atoms with Crippen LogP contribution in [0.3, 0.4) is 0 Å². The molecule has 1 saturated heterocycles. The lowest BCUT2D eigenvalue weighted by Crippen LogP contribution is -2.29. The first-order chi connectivity index (χ1) is 14.8. The standard InChI is InChI=1S/C22H17Br3N2O2S2/c23-15-12-16(24)20(17(25)13-15)26-19(28)10-5-11-27-21(29)18(31-22(27)30)9-4-8-14-6-2-1-3-7-14/h1-4,6-9,12-13H,5,10-11H2,(H,26,28). The van der Waals surface area contributed by atoms with Gasteiger partial charge in [-0.25, -0.2) is 0 Å². The summed E-state index contributed by atoms with van der Waals surface area (Å²) < 4.78 is 2.95. The van der Waals surface area contributed by atoms with Crippen LogP contribution >= 0.6 is 71.8 Å². The van der Waals surface area contributed by atoms with Gasteiger partial charge in [-0.15, -0.1) is 0 Å². The molecule has 1 heterocycles. The van der Waals surface area contributed by atoms with Gasteiger partial charge < -0.3 is 5.32 Å². The smallest absolute Gasteiger partial charge is 0.266 e. The molecule has 0 aromatic heterocycles. The van der Waals surface area contributed by atoms with Crippen LogP contribution in [0.5, 0.6) is 0 Å². The van der Waals surface area contributed by atoms with E-state index in [-0.39, 0.29) is 18.2 Å². The molecule has 160 valence electrons. The normalized spacial score (nSPS) is 15.3. The molecular weight excluding hydrogens is 628 g/mol. The summed E-state index contributed by atoms with van der Waals surface area (Å²) in [4.78, 5) is 27.1. The first-order valence-corrected chi connectivity index (χ1v) is 12.9. The van der Waals surface area contributed by atoms with E-state index in [1.54, 1.807) is 11.0 Å². The molecule has 1 N–H and O–H groups in total. The molecule has 0 radical (unpaired) electrons. The molecule has 31 heavy (non-hydrogen) atoms. The number of thioether (sulfide) groups is 1. The number of allylic oxidation sites excluding steroid dienone is 2. The summed E-state index contributed by atoms with van der Waals surface area (Å²) in [5.41, 5.74) is 1.73. The van der Waals surface area contributed by atoms with Gasteiger partial charge in [0.2, 0.25) is 5.91 Å². The molecule has 0 atom stereocenters. The summed E-state index contributed by atoms with van der Waals surface area (Å²) in [5, 5.41) is 2.89. The number of hydrogen-bond donors (Lipinski definition) is 1. The van der Waals surface area contributed by atoms with Gasteiger partial charge in [0.15, 0.2) is 0 Å². The SMILES string of the molecule is O=C(CCCN1C(=O)C(=CC=Cc2ccccc2)SC1=S)Nc1c(Br)cc(Br)cc1Br. The van der Waals surface area contributed by atoms with E-state index in [2.05, 4.69) is 53.1 Å². The largest absolute Gasteiger partial charge is 0.324 e. The van der Waals surface area contributed by atoms with Crippen molar-refractivity contribution in [1.82, 2.24) is 4.90 Å². The summed E-state index contributed by atoms with van der Waals surface area (Å²) in [5.74, 6) is -0.248. The van der Waals surface area contributed by atoms with Gasteiger partial charge in [-0.3, -0.25) is 14.5 Å². The third-order valence-corrected chi connectivity index (χ3v) is 7.37. The summed E-state index contributed by atoms with van der Waals surface area (Å²) >= 11 is 16.9. The van der Waals surface area contributed by atoms with Crippen LogP contribution in [0.2, 0.25) is 0 Å². The fraction of sp³-hybridized carbons (Fsp3) is 0.136. The highest BCUT2D eigenvalue weighted by molar-refractivity contribution is 9.11. The van der Waals surface area contributed by atoms with Crippen molar-refractivity contribution in [3.63, 3.8) is 0 Å². The second kappa shape index (κ2) is 11.6. The Kier molecular flexibility index (Phi) is 9.09. The molecule has 1 fully saturated rings. The van der Waals surface area contributed by atoms with Crippen LogP contribution in [-0.2, 0) is 9.59 Å². The molecule has 2 aromatic carbocycles. The number of hydrogen-bond acceptors (Lipinski definition) is 4. The number of nitrogens with one attached hydrogen (secondary N) is 1. The predicted molar refractivity (Wildman–Crippen MR) is 143 cm³/mol. The quantitative estimate of drug-likeness (QED) is 0.257. The average molecular weight is 645 g/mol. The number of anilines is 1. The maximum absolute atomic E-state index is 12.6. The average Bonchev–Trinajstić information content (AvgIpc) is 2.99. The molecule has 1 aliphatic heterocycles. The Balaban J connectivity index is 1.52. The Bertz CT molecular complexity index is 1050. The van der Waals surface area contributed by atoms with Gasteiger partial charge in [0, 0.05) is 26.4 Å². The van der Waals surface area contributed by atoms with Crippen molar-refractivity contribution in [2.24, 2.45) is 0 Å². The first kappa shape index (κ1) is 24.4. The number of carbonyl (C=O) groups is 2. The number of benzene rings is 2. The third-order valence-electron chi connectivity index (χ3n) is 4.27. The Hall–Kier alpha value is -1.26. The minimum absolute atomic E-state index is 0.119. The lowest BCUT2D eigenvalue weighted by atomic mass is 10.2. The molecule has 2 aromatic rings. The van der Waals surface area contributed by atoms with Gasteiger partial charge in [0.05, 0.1) is 10.6 Å². The molecule has 9 heteroatoms. The third kappa shape index (κ3) is 6.86. The second-order valence-corrected chi connectivity index (χ2v) is 10.8. The van der Waals surface area contributed by atoms with Gasteiger partial charge in [-0.2, -0.15) is 0 Å². The molecule has 3 rings (SSSR count). The van der Waals surface area contributed by atoms with Crippen molar-refractivity contribution in [2.75, 3.05) is 11.9 Å². The van der Waals surface area contributed by atoms with Crippen LogP contribution in [0.1, 0.15) is 18.4 Å².